The number of rotatable bonds is 4. The van der Waals surface area contributed by atoms with Crippen LogP contribution < -0.4 is 10.9 Å². The summed E-state index contributed by atoms with van der Waals surface area (Å²) in [4.78, 5) is 15.0. The van der Waals surface area contributed by atoms with Gasteiger partial charge in [-0.3, -0.25) is 9.78 Å². The molecule has 1 aliphatic carbocycles. The van der Waals surface area contributed by atoms with Crippen molar-refractivity contribution in [3.8, 4) is 0 Å². The van der Waals surface area contributed by atoms with E-state index in [1.165, 1.54) is 25.7 Å². The van der Waals surface area contributed by atoms with Gasteiger partial charge in [0.1, 0.15) is 5.69 Å². The minimum atomic E-state index is -0.157. The van der Waals surface area contributed by atoms with Gasteiger partial charge in [0.05, 0.1) is 0 Å². The third-order valence-corrected chi connectivity index (χ3v) is 4.18. The molecule has 3 rings (SSSR count). The monoisotopic (exact) mass is 298 g/mol. The van der Waals surface area contributed by atoms with Gasteiger partial charge in [0.25, 0.3) is 5.56 Å². The smallest absolute Gasteiger partial charge is 0.274 e. The van der Waals surface area contributed by atoms with E-state index in [4.69, 9.17) is 0 Å². The topological polar surface area (TPSA) is 70.7 Å². The quantitative estimate of drug-likeness (QED) is 0.851. The maximum Gasteiger partial charge on any atom is 0.274 e. The molecule has 1 aromatic heterocycles. The molecule has 2 N–H and O–H groups in total. The minimum absolute atomic E-state index is 0.157. The number of hydrogen-bond acceptors (Lipinski definition) is 4. The summed E-state index contributed by atoms with van der Waals surface area (Å²) in [6, 6.07) is 10.2. The van der Waals surface area contributed by atoms with Crippen LogP contribution in [0, 0.1) is 0 Å². The maximum atomic E-state index is 12.2. The van der Waals surface area contributed by atoms with Crippen molar-refractivity contribution in [1.29, 1.82) is 0 Å². The number of anilines is 1. The lowest BCUT2D eigenvalue weighted by atomic mass is 10.1. The van der Waals surface area contributed by atoms with E-state index in [-0.39, 0.29) is 5.56 Å². The Balaban J connectivity index is 1.68. The van der Waals surface area contributed by atoms with Crippen molar-refractivity contribution in [2.24, 2.45) is 0 Å². The molecule has 0 aliphatic heterocycles. The minimum Gasteiger partial charge on any atom is -0.352 e. The normalized spacial score (nSPS) is 16.2. The second-order valence-electron chi connectivity index (χ2n) is 5.94. The molecule has 116 valence electrons. The highest BCUT2D eigenvalue weighted by molar-refractivity contribution is 5.25. The molecule has 22 heavy (non-hydrogen) atoms. The summed E-state index contributed by atoms with van der Waals surface area (Å²) in [6.07, 6.45) is 7.85. The van der Waals surface area contributed by atoms with Crippen LogP contribution in [-0.4, -0.2) is 21.2 Å². The molecule has 1 heterocycles. The summed E-state index contributed by atoms with van der Waals surface area (Å²) in [5, 5.41) is 11.6. The Labute approximate surface area is 130 Å². The Bertz CT molecular complexity index is 645. The molecule has 1 aromatic carbocycles. The SMILES string of the molecule is O=c1[nH]c(NC2CCCCCC2)nnc1Cc1ccccc1. The van der Waals surface area contributed by atoms with E-state index >= 15 is 0 Å². The van der Waals surface area contributed by atoms with Crippen LogP contribution in [0.4, 0.5) is 5.95 Å². The van der Waals surface area contributed by atoms with Gasteiger partial charge < -0.3 is 5.32 Å². The Morgan fingerprint density at radius 3 is 2.45 bits per heavy atom. The first-order valence-corrected chi connectivity index (χ1v) is 8.07. The number of benzene rings is 1. The van der Waals surface area contributed by atoms with E-state index in [1.807, 2.05) is 30.3 Å². The molecule has 0 saturated heterocycles. The van der Waals surface area contributed by atoms with Gasteiger partial charge in [0.2, 0.25) is 5.95 Å². The van der Waals surface area contributed by atoms with Crippen LogP contribution in [0.1, 0.15) is 49.8 Å². The lowest BCUT2D eigenvalue weighted by Crippen LogP contribution is -2.25. The number of nitrogens with one attached hydrogen (secondary N) is 2. The highest BCUT2D eigenvalue weighted by Crippen LogP contribution is 2.19. The molecule has 1 saturated carbocycles. The maximum absolute atomic E-state index is 12.2. The van der Waals surface area contributed by atoms with Crippen molar-refractivity contribution in [1.82, 2.24) is 15.2 Å². The van der Waals surface area contributed by atoms with Crippen LogP contribution in [0.15, 0.2) is 35.1 Å². The summed E-state index contributed by atoms with van der Waals surface area (Å²) in [5.74, 6) is 0.494. The van der Waals surface area contributed by atoms with Gasteiger partial charge in [-0.2, -0.15) is 0 Å². The van der Waals surface area contributed by atoms with Crippen molar-refractivity contribution in [2.75, 3.05) is 5.32 Å². The van der Waals surface area contributed by atoms with E-state index in [9.17, 15) is 4.79 Å². The highest BCUT2D eigenvalue weighted by Gasteiger charge is 2.13. The molecule has 0 amide bonds. The molecular weight excluding hydrogens is 276 g/mol. The molecule has 5 heteroatoms. The first-order chi connectivity index (χ1) is 10.8. The summed E-state index contributed by atoms with van der Waals surface area (Å²) >= 11 is 0. The Kier molecular flexibility index (Phi) is 4.83. The second kappa shape index (κ2) is 7.20. The van der Waals surface area contributed by atoms with E-state index in [0.717, 1.165) is 18.4 Å². The number of aromatic nitrogens is 3. The molecule has 0 bridgehead atoms. The van der Waals surface area contributed by atoms with E-state index in [1.54, 1.807) is 0 Å². The first kappa shape index (κ1) is 14.8. The third-order valence-electron chi connectivity index (χ3n) is 4.18. The number of H-pyrrole nitrogens is 1. The van der Waals surface area contributed by atoms with Crippen molar-refractivity contribution in [3.05, 3.63) is 51.9 Å². The average Bonchev–Trinajstić information content (AvgIpc) is 2.80. The molecule has 5 nitrogen and oxygen atoms in total. The van der Waals surface area contributed by atoms with Crippen LogP contribution in [-0.2, 0) is 6.42 Å². The second-order valence-corrected chi connectivity index (χ2v) is 5.94. The fraction of sp³-hybridized carbons (Fsp3) is 0.471. The summed E-state index contributed by atoms with van der Waals surface area (Å²) in [6.45, 7) is 0. The van der Waals surface area contributed by atoms with Gasteiger partial charge in [-0.05, 0) is 18.4 Å². The van der Waals surface area contributed by atoms with Crippen LogP contribution in [0.3, 0.4) is 0 Å². The van der Waals surface area contributed by atoms with Gasteiger partial charge in [-0.1, -0.05) is 56.0 Å². The zero-order valence-electron chi connectivity index (χ0n) is 12.7. The lowest BCUT2D eigenvalue weighted by molar-refractivity contribution is 0.611. The molecule has 0 unspecified atom stereocenters. The number of nitrogens with zero attached hydrogens (tertiary/aromatic N) is 2. The van der Waals surface area contributed by atoms with Crippen LogP contribution in [0.5, 0.6) is 0 Å². The zero-order chi connectivity index (χ0) is 15.2. The predicted molar refractivity (Wildman–Crippen MR) is 87.0 cm³/mol. The molecule has 2 aromatic rings. The van der Waals surface area contributed by atoms with E-state index in [0.29, 0.717) is 24.1 Å². The first-order valence-electron chi connectivity index (χ1n) is 8.07. The highest BCUT2D eigenvalue weighted by atomic mass is 16.1. The zero-order valence-corrected chi connectivity index (χ0v) is 12.7. The number of hydrogen-bond donors (Lipinski definition) is 2. The summed E-state index contributed by atoms with van der Waals surface area (Å²) in [5.41, 5.74) is 1.36. The Morgan fingerprint density at radius 2 is 1.77 bits per heavy atom. The molecular formula is C17H22N4O. The average molecular weight is 298 g/mol. The summed E-state index contributed by atoms with van der Waals surface area (Å²) in [7, 11) is 0. The molecule has 0 spiro atoms. The van der Waals surface area contributed by atoms with Gasteiger partial charge in [-0.25, -0.2) is 0 Å². The van der Waals surface area contributed by atoms with Gasteiger partial charge in [-0.15, -0.1) is 10.2 Å². The van der Waals surface area contributed by atoms with Crippen molar-refractivity contribution in [2.45, 2.75) is 51.0 Å². The van der Waals surface area contributed by atoms with Gasteiger partial charge >= 0.3 is 0 Å². The van der Waals surface area contributed by atoms with E-state index < -0.39 is 0 Å². The van der Waals surface area contributed by atoms with E-state index in [2.05, 4.69) is 20.5 Å². The van der Waals surface area contributed by atoms with Crippen LogP contribution in [0.25, 0.3) is 0 Å². The van der Waals surface area contributed by atoms with Crippen molar-refractivity contribution in [3.63, 3.8) is 0 Å². The van der Waals surface area contributed by atoms with Crippen molar-refractivity contribution < 1.29 is 0 Å². The lowest BCUT2D eigenvalue weighted by Gasteiger charge is -2.15. The van der Waals surface area contributed by atoms with Crippen molar-refractivity contribution >= 4 is 5.95 Å². The standard InChI is InChI=1S/C17H22N4O/c22-16-15(12-13-8-4-3-5-9-13)20-21-17(19-16)18-14-10-6-1-2-7-11-14/h3-5,8-9,14H,1-2,6-7,10-12H2,(H2,18,19,21,22). The summed E-state index contributed by atoms with van der Waals surface area (Å²) < 4.78 is 0. The van der Waals surface area contributed by atoms with Crippen LogP contribution in [0.2, 0.25) is 0 Å². The largest absolute Gasteiger partial charge is 0.352 e. The fourth-order valence-electron chi connectivity index (χ4n) is 2.95. The molecule has 0 atom stereocenters. The molecule has 1 aliphatic rings. The van der Waals surface area contributed by atoms with Crippen LogP contribution >= 0.6 is 0 Å². The van der Waals surface area contributed by atoms with Gasteiger partial charge in [0, 0.05) is 12.5 Å². The Hall–Kier alpha value is -2.17. The fourth-order valence-corrected chi connectivity index (χ4v) is 2.95. The predicted octanol–water partition coefficient (Wildman–Crippen LogP) is 2.89. The molecule has 0 radical (unpaired) electrons. The Morgan fingerprint density at radius 1 is 1.05 bits per heavy atom. The molecule has 1 fully saturated rings. The third kappa shape index (κ3) is 3.93. The number of aromatic amines is 1. The van der Waals surface area contributed by atoms with Gasteiger partial charge in [0.15, 0.2) is 0 Å².